The fourth-order valence-electron chi connectivity index (χ4n) is 3.32. The van der Waals surface area contributed by atoms with E-state index in [1.54, 1.807) is 0 Å². The van der Waals surface area contributed by atoms with Gasteiger partial charge in [0.25, 0.3) is 0 Å². The normalized spacial score (nSPS) is 20.0. The van der Waals surface area contributed by atoms with Crippen molar-refractivity contribution >= 4 is 0 Å². The lowest BCUT2D eigenvalue weighted by Gasteiger charge is -2.46. The van der Waals surface area contributed by atoms with Crippen LogP contribution >= 0.6 is 0 Å². The summed E-state index contributed by atoms with van der Waals surface area (Å²) in [7, 11) is 2.14. The van der Waals surface area contributed by atoms with Crippen LogP contribution in [0.1, 0.15) is 72.1 Å². The van der Waals surface area contributed by atoms with Gasteiger partial charge in [-0.25, -0.2) is 0 Å². The second-order valence-electron chi connectivity index (χ2n) is 6.39. The van der Waals surface area contributed by atoms with Gasteiger partial charge >= 0.3 is 0 Å². The fraction of sp³-hybridized carbons (Fsp3) is 1.00. The molecule has 1 unspecified atom stereocenters. The molecule has 18 heavy (non-hydrogen) atoms. The van der Waals surface area contributed by atoms with Gasteiger partial charge in [0, 0.05) is 11.6 Å². The highest BCUT2D eigenvalue weighted by Gasteiger charge is 2.34. The summed E-state index contributed by atoms with van der Waals surface area (Å²) in [6, 6.07) is 0.632. The van der Waals surface area contributed by atoms with Gasteiger partial charge in [-0.15, -0.1) is 0 Å². The highest BCUT2D eigenvalue weighted by molar-refractivity contribution is 4.93. The molecule has 108 valence electrons. The lowest BCUT2D eigenvalue weighted by Crippen LogP contribution is -2.58. The summed E-state index contributed by atoms with van der Waals surface area (Å²) in [6.07, 6.45) is 11.0. The topological polar surface area (TPSA) is 15.3 Å². The van der Waals surface area contributed by atoms with Gasteiger partial charge in [-0.3, -0.25) is 4.90 Å². The van der Waals surface area contributed by atoms with Gasteiger partial charge in [0.2, 0.25) is 0 Å². The number of rotatable bonds is 8. The summed E-state index contributed by atoms with van der Waals surface area (Å²) in [6.45, 7) is 9.73. The van der Waals surface area contributed by atoms with Crippen molar-refractivity contribution in [3.05, 3.63) is 0 Å². The minimum atomic E-state index is 0.307. The zero-order chi connectivity index (χ0) is 13.4. The summed E-state index contributed by atoms with van der Waals surface area (Å²) in [5.74, 6) is 0. The van der Waals surface area contributed by atoms with Crippen LogP contribution in [-0.2, 0) is 0 Å². The zero-order valence-electron chi connectivity index (χ0n) is 13.1. The number of hydrogen-bond acceptors (Lipinski definition) is 2. The van der Waals surface area contributed by atoms with Gasteiger partial charge in [0.1, 0.15) is 0 Å². The van der Waals surface area contributed by atoms with Gasteiger partial charge in [-0.2, -0.15) is 0 Å². The van der Waals surface area contributed by atoms with Gasteiger partial charge in [-0.05, 0) is 53.2 Å². The first-order chi connectivity index (χ1) is 8.62. The molecule has 0 aliphatic carbocycles. The molecule has 1 aliphatic heterocycles. The third-order valence-corrected chi connectivity index (χ3v) is 4.72. The van der Waals surface area contributed by atoms with Crippen molar-refractivity contribution in [1.29, 1.82) is 0 Å². The number of nitrogens with one attached hydrogen (secondary N) is 1. The van der Waals surface area contributed by atoms with E-state index in [9.17, 15) is 0 Å². The molecular formula is C16H34N2. The molecule has 0 amide bonds. The van der Waals surface area contributed by atoms with Crippen LogP contribution in [0.25, 0.3) is 0 Å². The highest BCUT2D eigenvalue weighted by Crippen LogP contribution is 2.26. The van der Waals surface area contributed by atoms with Crippen molar-refractivity contribution in [2.24, 2.45) is 0 Å². The van der Waals surface area contributed by atoms with Crippen LogP contribution in [0.3, 0.4) is 0 Å². The van der Waals surface area contributed by atoms with E-state index < -0.39 is 0 Å². The van der Waals surface area contributed by atoms with E-state index in [0.29, 0.717) is 11.6 Å². The average molecular weight is 254 g/mol. The summed E-state index contributed by atoms with van der Waals surface area (Å²) < 4.78 is 0. The number of nitrogens with zero attached hydrogens (tertiary/aromatic N) is 1. The number of piperidine rings is 1. The van der Waals surface area contributed by atoms with Crippen LogP contribution in [0, 0.1) is 0 Å². The van der Waals surface area contributed by atoms with E-state index >= 15 is 0 Å². The molecule has 1 N–H and O–H groups in total. The number of likely N-dealkylation sites (N-methyl/N-ethyl adjacent to an activating group) is 1. The summed E-state index contributed by atoms with van der Waals surface area (Å²) in [5, 5.41) is 3.57. The van der Waals surface area contributed by atoms with Gasteiger partial charge < -0.3 is 5.32 Å². The Balaban J connectivity index is 2.44. The molecule has 0 aromatic heterocycles. The molecule has 0 saturated carbocycles. The highest BCUT2D eigenvalue weighted by atomic mass is 15.2. The molecule has 1 saturated heterocycles. The standard InChI is InChI=1S/C16H34N2/c1-5-6-7-9-12-15(17-4)16(2,3)18-13-10-8-11-14-18/h15,17H,5-14H2,1-4H3. The van der Waals surface area contributed by atoms with Crippen molar-refractivity contribution in [2.75, 3.05) is 20.1 Å². The largest absolute Gasteiger partial charge is 0.315 e. The van der Waals surface area contributed by atoms with E-state index in [0.717, 1.165) is 0 Å². The Morgan fingerprint density at radius 3 is 2.28 bits per heavy atom. The Hall–Kier alpha value is -0.0800. The lowest BCUT2D eigenvalue weighted by atomic mass is 9.87. The minimum Gasteiger partial charge on any atom is -0.315 e. The monoisotopic (exact) mass is 254 g/mol. The van der Waals surface area contributed by atoms with Crippen molar-refractivity contribution in [3.8, 4) is 0 Å². The Labute approximate surface area is 115 Å². The Bertz CT molecular complexity index is 207. The molecule has 1 atom stereocenters. The molecule has 0 aromatic carbocycles. The third-order valence-electron chi connectivity index (χ3n) is 4.72. The lowest BCUT2D eigenvalue weighted by molar-refractivity contribution is 0.0599. The van der Waals surface area contributed by atoms with Crippen LogP contribution < -0.4 is 5.32 Å². The molecule has 1 aliphatic rings. The molecule has 2 nitrogen and oxygen atoms in total. The predicted molar refractivity (Wildman–Crippen MR) is 81.1 cm³/mol. The fourth-order valence-corrected chi connectivity index (χ4v) is 3.32. The first kappa shape index (κ1) is 16.0. The van der Waals surface area contributed by atoms with Crippen LogP contribution in [0.5, 0.6) is 0 Å². The summed E-state index contributed by atoms with van der Waals surface area (Å²) in [5.41, 5.74) is 0.307. The maximum Gasteiger partial charge on any atom is 0.0306 e. The van der Waals surface area contributed by atoms with E-state index in [2.05, 4.69) is 38.0 Å². The second-order valence-corrected chi connectivity index (χ2v) is 6.39. The third kappa shape index (κ3) is 4.55. The molecule has 2 heteroatoms. The van der Waals surface area contributed by atoms with E-state index in [1.165, 1.54) is 64.5 Å². The molecule has 0 spiro atoms. The molecular weight excluding hydrogens is 220 g/mol. The van der Waals surface area contributed by atoms with Crippen molar-refractivity contribution in [2.45, 2.75) is 83.7 Å². The Morgan fingerprint density at radius 2 is 1.72 bits per heavy atom. The van der Waals surface area contributed by atoms with Crippen LogP contribution in [0.2, 0.25) is 0 Å². The Kier molecular flexibility index (Phi) is 7.25. The summed E-state index contributed by atoms with van der Waals surface area (Å²) >= 11 is 0. The maximum atomic E-state index is 3.57. The van der Waals surface area contributed by atoms with Crippen LogP contribution in [0.15, 0.2) is 0 Å². The maximum absolute atomic E-state index is 3.57. The van der Waals surface area contributed by atoms with E-state index in [4.69, 9.17) is 0 Å². The van der Waals surface area contributed by atoms with E-state index in [1.807, 2.05) is 0 Å². The first-order valence-electron chi connectivity index (χ1n) is 8.05. The molecule has 0 bridgehead atoms. The van der Waals surface area contributed by atoms with Gasteiger partial charge in [-0.1, -0.05) is 39.0 Å². The van der Waals surface area contributed by atoms with Crippen molar-refractivity contribution < 1.29 is 0 Å². The zero-order valence-corrected chi connectivity index (χ0v) is 13.1. The minimum absolute atomic E-state index is 0.307. The second kappa shape index (κ2) is 8.16. The molecule has 1 fully saturated rings. The van der Waals surface area contributed by atoms with Crippen molar-refractivity contribution in [3.63, 3.8) is 0 Å². The number of likely N-dealkylation sites (tertiary alicyclic amines) is 1. The Morgan fingerprint density at radius 1 is 1.06 bits per heavy atom. The average Bonchev–Trinajstić information content (AvgIpc) is 2.39. The number of hydrogen-bond donors (Lipinski definition) is 1. The predicted octanol–water partition coefficient (Wildman–Crippen LogP) is 3.81. The van der Waals surface area contributed by atoms with E-state index in [-0.39, 0.29) is 0 Å². The first-order valence-corrected chi connectivity index (χ1v) is 8.05. The van der Waals surface area contributed by atoms with Crippen LogP contribution in [-0.4, -0.2) is 36.6 Å². The molecule has 1 rings (SSSR count). The summed E-state index contributed by atoms with van der Waals surface area (Å²) in [4.78, 5) is 2.71. The SMILES string of the molecule is CCCCCCC(NC)C(C)(C)N1CCCCC1. The van der Waals surface area contributed by atoms with Gasteiger partial charge in [0.05, 0.1) is 0 Å². The smallest absolute Gasteiger partial charge is 0.0306 e. The molecule has 0 radical (unpaired) electrons. The molecule has 0 aromatic rings. The van der Waals surface area contributed by atoms with Crippen LogP contribution in [0.4, 0.5) is 0 Å². The van der Waals surface area contributed by atoms with Crippen molar-refractivity contribution in [1.82, 2.24) is 10.2 Å². The number of unbranched alkanes of at least 4 members (excludes halogenated alkanes) is 3. The molecule has 1 heterocycles. The van der Waals surface area contributed by atoms with Gasteiger partial charge in [0.15, 0.2) is 0 Å². The quantitative estimate of drug-likeness (QED) is 0.663.